The van der Waals surface area contributed by atoms with Gasteiger partial charge in [0, 0.05) is 18.2 Å². The molecule has 1 aromatic rings. The molecule has 1 saturated heterocycles. The molecular weight excluding hydrogens is 389 g/mol. The smallest absolute Gasteiger partial charge is 0.372 e. The van der Waals surface area contributed by atoms with Gasteiger partial charge in [-0.15, -0.1) is 0 Å². The Balaban J connectivity index is 1.55. The van der Waals surface area contributed by atoms with Gasteiger partial charge >= 0.3 is 6.18 Å². The SMILES string of the molecule is FC(F)(F)C1NC2=C(CCC2)c2c1nc(C1CCCCC1)n2CCC1CCNCC1. The Bertz CT molecular complexity index is 798. The lowest BCUT2D eigenvalue weighted by Gasteiger charge is -2.29. The molecule has 2 aliphatic heterocycles. The van der Waals surface area contributed by atoms with Crippen LogP contribution in [0.4, 0.5) is 13.2 Å². The van der Waals surface area contributed by atoms with Gasteiger partial charge in [-0.25, -0.2) is 4.98 Å². The van der Waals surface area contributed by atoms with Gasteiger partial charge in [-0.2, -0.15) is 13.2 Å². The zero-order valence-corrected chi connectivity index (χ0v) is 17.7. The summed E-state index contributed by atoms with van der Waals surface area (Å²) in [7, 11) is 0. The summed E-state index contributed by atoms with van der Waals surface area (Å²) in [4.78, 5) is 4.78. The molecule has 1 atom stereocenters. The highest BCUT2D eigenvalue weighted by Crippen LogP contribution is 2.47. The predicted molar refractivity (Wildman–Crippen MR) is 111 cm³/mol. The molecule has 0 aromatic carbocycles. The standard InChI is InChI=1S/C23H33F3N4/c24-23(25,26)21-19-20(17-7-4-8-18(17)28-21)30(14-11-15-9-12-27-13-10-15)22(29-19)16-5-2-1-3-6-16/h15-16,21,27-28H,1-14H2. The van der Waals surface area contributed by atoms with Crippen LogP contribution >= 0.6 is 0 Å². The number of alkyl halides is 3. The number of hydrogen-bond donors (Lipinski definition) is 2. The molecule has 166 valence electrons. The molecule has 1 unspecified atom stereocenters. The second-order valence-corrected chi connectivity index (χ2v) is 9.60. The highest BCUT2D eigenvalue weighted by atomic mass is 19.4. The number of hydrogen-bond acceptors (Lipinski definition) is 3. The quantitative estimate of drug-likeness (QED) is 0.681. The number of aromatic nitrogens is 2. The molecule has 2 N–H and O–H groups in total. The molecule has 30 heavy (non-hydrogen) atoms. The Hall–Kier alpha value is -1.50. The summed E-state index contributed by atoms with van der Waals surface area (Å²) < 4.78 is 44.2. The first-order valence-electron chi connectivity index (χ1n) is 11.9. The van der Waals surface area contributed by atoms with Gasteiger partial charge < -0.3 is 15.2 Å². The molecule has 3 heterocycles. The molecule has 0 bridgehead atoms. The van der Waals surface area contributed by atoms with Gasteiger partial charge in [-0.3, -0.25) is 0 Å². The van der Waals surface area contributed by atoms with Crippen LogP contribution in [0, 0.1) is 5.92 Å². The van der Waals surface area contributed by atoms with Gasteiger partial charge in [0.15, 0.2) is 6.04 Å². The monoisotopic (exact) mass is 422 g/mol. The van der Waals surface area contributed by atoms with Crippen LogP contribution in [0.2, 0.25) is 0 Å². The number of piperidine rings is 1. The van der Waals surface area contributed by atoms with Gasteiger partial charge in [-0.05, 0) is 75.9 Å². The topological polar surface area (TPSA) is 41.9 Å². The first-order chi connectivity index (χ1) is 14.5. The Labute approximate surface area is 176 Å². The lowest BCUT2D eigenvalue weighted by Crippen LogP contribution is -2.37. The van der Waals surface area contributed by atoms with Crippen molar-refractivity contribution in [1.82, 2.24) is 20.2 Å². The van der Waals surface area contributed by atoms with Crippen LogP contribution in [0.3, 0.4) is 0 Å². The second kappa shape index (κ2) is 8.21. The molecule has 1 saturated carbocycles. The van der Waals surface area contributed by atoms with Crippen molar-refractivity contribution in [3.05, 3.63) is 22.9 Å². The van der Waals surface area contributed by atoms with E-state index in [9.17, 15) is 13.2 Å². The zero-order chi connectivity index (χ0) is 20.7. The van der Waals surface area contributed by atoms with E-state index in [4.69, 9.17) is 4.98 Å². The van der Waals surface area contributed by atoms with Crippen molar-refractivity contribution < 1.29 is 13.2 Å². The number of allylic oxidation sites excluding steroid dienone is 2. The molecule has 7 heteroatoms. The van der Waals surface area contributed by atoms with E-state index in [1.165, 1.54) is 6.42 Å². The Morgan fingerprint density at radius 3 is 2.47 bits per heavy atom. The van der Waals surface area contributed by atoms with Crippen molar-refractivity contribution in [2.75, 3.05) is 13.1 Å². The van der Waals surface area contributed by atoms with Gasteiger partial charge in [0.1, 0.15) is 5.82 Å². The summed E-state index contributed by atoms with van der Waals surface area (Å²) in [6, 6.07) is -1.66. The van der Waals surface area contributed by atoms with Crippen molar-refractivity contribution in [2.45, 2.75) is 95.3 Å². The van der Waals surface area contributed by atoms with Crippen molar-refractivity contribution in [3.63, 3.8) is 0 Å². The maximum Gasteiger partial charge on any atom is 0.414 e. The molecule has 2 fully saturated rings. The highest BCUT2D eigenvalue weighted by molar-refractivity contribution is 5.72. The van der Waals surface area contributed by atoms with Crippen molar-refractivity contribution >= 4 is 5.57 Å². The average Bonchev–Trinajstić information content (AvgIpc) is 3.36. The maximum absolute atomic E-state index is 14.0. The predicted octanol–water partition coefficient (Wildman–Crippen LogP) is 5.42. The number of nitrogens with zero attached hydrogens (tertiary/aromatic N) is 2. The maximum atomic E-state index is 14.0. The van der Waals surface area contributed by atoms with E-state index in [0.717, 1.165) is 107 Å². The third-order valence-corrected chi connectivity index (χ3v) is 7.64. The first-order valence-corrected chi connectivity index (χ1v) is 11.9. The van der Waals surface area contributed by atoms with Crippen LogP contribution < -0.4 is 10.6 Å². The van der Waals surface area contributed by atoms with Crippen LogP contribution in [0.5, 0.6) is 0 Å². The van der Waals surface area contributed by atoms with Crippen LogP contribution in [0.15, 0.2) is 5.70 Å². The summed E-state index contributed by atoms with van der Waals surface area (Å²) in [5.41, 5.74) is 2.97. The van der Waals surface area contributed by atoms with E-state index in [-0.39, 0.29) is 5.69 Å². The van der Waals surface area contributed by atoms with E-state index in [0.29, 0.717) is 11.8 Å². The molecule has 0 amide bonds. The number of fused-ring (bicyclic) bond motifs is 2. The van der Waals surface area contributed by atoms with E-state index in [1.54, 1.807) is 0 Å². The summed E-state index contributed by atoms with van der Waals surface area (Å²) in [6.07, 6.45) is 7.21. The van der Waals surface area contributed by atoms with Crippen LogP contribution in [0.25, 0.3) is 5.57 Å². The lowest BCUT2D eigenvalue weighted by atomic mass is 9.88. The number of nitrogens with one attached hydrogen (secondary N) is 2. The summed E-state index contributed by atoms with van der Waals surface area (Å²) in [5.74, 6) is 1.89. The van der Waals surface area contributed by atoms with Crippen LogP contribution in [-0.2, 0) is 6.54 Å². The zero-order valence-electron chi connectivity index (χ0n) is 17.7. The van der Waals surface area contributed by atoms with Crippen molar-refractivity contribution in [2.24, 2.45) is 5.92 Å². The third-order valence-electron chi connectivity index (χ3n) is 7.64. The molecule has 1 aromatic heterocycles. The summed E-state index contributed by atoms with van der Waals surface area (Å²) in [6.45, 7) is 2.91. The van der Waals surface area contributed by atoms with Gasteiger partial charge in [0.25, 0.3) is 0 Å². The number of imidazole rings is 1. The van der Waals surface area contributed by atoms with Crippen LogP contribution in [0.1, 0.15) is 99.8 Å². The first kappa shape index (κ1) is 20.4. The van der Waals surface area contributed by atoms with E-state index in [1.807, 2.05) is 0 Å². The summed E-state index contributed by atoms with van der Waals surface area (Å²) in [5, 5.41) is 6.24. The second-order valence-electron chi connectivity index (χ2n) is 9.60. The Kier molecular flexibility index (Phi) is 5.58. The highest BCUT2D eigenvalue weighted by Gasteiger charge is 2.48. The molecule has 2 aliphatic carbocycles. The molecular formula is C23H33F3N4. The van der Waals surface area contributed by atoms with E-state index in [2.05, 4.69) is 15.2 Å². The fourth-order valence-corrected chi connectivity index (χ4v) is 6.03. The molecule has 4 nitrogen and oxygen atoms in total. The molecule has 0 radical (unpaired) electrons. The largest absolute Gasteiger partial charge is 0.414 e. The normalized spacial score (nSPS) is 25.9. The fourth-order valence-electron chi connectivity index (χ4n) is 6.03. The van der Waals surface area contributed by atoms with E-state index < -0.39 is 12.2 Å². The lowest BCUT2D eigenvalue weighted by molar-refractivity contribution is -0.157. The van der Waals surface area contributed by atoms with Gasteiger partial charge in [0.2, 0.25) is 0 Å². The number of halogens is 3. The summed E-state index contributed by atoms with van der Waals surface area (Å²) >= 11 is 0. The third kappa shape index (κ3) is 3.78. The minimum Gasteiger partial charge on any atom is -0.372 e. The van der Waals surface area contributed by atoms with E-state index >= 15 is 0 Å². The van der Waals surface area contributed by atoms with Gasteiger partial charge in [-0.1, -0.05) is 19.3 Å². The minimum atomic E-state index is -4.33. The van der Waals surface area contributed by atoms with Crippen molar-refractivity contribution in [3.8, 4) is 0 Å². The minimum absolute atomic E-state index is 0.244. The average molecular weight is 423 g/mol. The molecule has 4 aliphatic rings. The molecule has 5 rings (SSSR count). The van der Waals surface area contributed by atoms with Crippen molar-refractivity contribution in [1.29, 1.82) is 0 Å². The Morgan fingerprint density at radius 2 is 1.73 bits per heavy atom. The molecule has 0 spiro atoms. The Morgan fingerprint density at radius 1 is 0.967 bits per heavy atom. The number of rotatable bonds is 4. The fraction of sp³-hybridized carbons (Fsp3) is 0.783. The van der Waals surface area contributed by atoms with Crippen LogP contribution in [-0.4, -0.2) is 28.8 Å². The van der Waals surface area contributed by atoms with Gasteiger partial charge in [0.05, 0.1) is 11.4 Å².